The van der Waals surface area contributed by atoms with Crippen molar-refractivity contribution in [1.29, 1.82) is 0 Å². The van der Waals surface area contributed by atoms with Gasteiger partial charge < -0.3 is 5.11 Å². The number of hydrogen-bond donors (Lipinski definition) is 1. The van der Waals surface area contributed by atoms with Gasteiger partial charge in [0.2, 0.25) is 0 Å². The van der Waals surface area contributed by atoms with Crippen LogP contribution in [0.2, 0.25) is 0 Å². The number of phenolic OH excluding ortho intramolecular Hbond substituents is 1. The zero-order valence-electron chi connectivity index (χ0n) is 11.4. The van der Waals surface area contributed by atoms with Crippen molar-refractivity contribution in [2.75, 3.05) is 0 Å². The molecular formula is C19H14O2. The van der Waals surface area contributed by atoms with E-state index in [1.165, 1.54) is 6.08 Å². The third-order valence-corrected chi connectivity index (χ3v) is 3.39. The first-order valence-electron chi connectivity index (χ1n) is 6.73. The van der Waals surface area contributed by atoms with E-state index in [0.717, 1.165) is 10.8 Å². The van der Waals surface area contributed by atoms with Crippen molar-refractivity contribution in [3.05, 3.63) is 83.9 Å². The van der Waals surface area contributed by atoms with Gasteiger partial charge in [-0.2, -0.15) is 0 Å². The Kier molecular flexibility index (Phi) is 3.52. The molecule has 3 rings (SSSR count). The molecule has 0 bridgehead atoms. The second kappa shape index (κ2) is 5.63. The van der Waals surface area contributed by atoms with E-state index >= 15 is 0 Å². The maximum atomic E-state index is 12.2. The maximum Gasteiger partial charge on any atom is 0.185 e. The Hall–Kier alpha value is -2.87. The second-order valence-electron chi connectivity index (χ2n) is 4.82. The molecule has 1 N–H and O–H groups in total. The van der Waals surface area contributed by atoms with Gasteiger partial charge in [0.15, 0.2) is 5.78 Å². The molecule has 102 valence electrons. The van der Waals surface area contributed by atoms with Crippen molar-refractivity contribution in [2.45, 2.75) is 0 Å². The van der Waals surface area contributed by atoms with Crippen molar-refractivity contribution in [2.24, 2.45) is 0 Å². The largest absolute Gasteiger partial charge is 0.507 e. The Morgan fingerprint density at radius 1 is 0.857 bits per heavy atom. The summed E-state index contributed by atoms with van der Waals surface area (Å²) < 4.78 is 0. The molecule has 0 saturated carbocycles. The van der Waals surface area contributed by atoms with E-state index in [9.17, 15) is 9.90 Å². The zero-order chi connectivity index (χ0) is 14.7. The molecule has 21 heavy (non-hydrogen) atoms. The molecule has 0 aliphatic carbocycles. The quantitative estimate of drug-likeness (QED) is 0.566. The van der Waals surface area contributed by atoms with E-state index in [2.05, 4.69) is 0 Å². The van der Waals surface area contributed by atoms with E-state index in [-0.39, 0.29) is 11.5 Å². The summed E-state index contributed by atoms with van der Waals surface area (Å²) in [6, 6.07) is 20.5. The minimum Gasteiger partial charge on any atom is -0.507 e. The Balaban J connectivity index is 1.89. The SMILES string of the molecule is O=C(C=Cc1ccccc1O)c1ccc2ccccc2c1. The fourth-order valence-electron chi connectivity index (χ4n) is 2.23. The fraction of sp³-hybridized carbons (Fsp3) is 0. The molecule has 0 aromatic heterocycles. The van der Waals surface area contributed by atoms with Crippen LogP contribution < -0.4 is 0 Å². The molecule has 0 fully saturated rings. The van der Waals surface area contributed by atoms with Gasteiger partial charge in [0.1, 0.15) is 5.75 Å². The highest BCUT2D eigenvalue weighted by atomic mass is 16.3. The zero-order valence-corrected chi connectivity index (χ0v) is 11.4. The molecule has 0 atom stereocenters. The molecule has 0 aliphatic rings. The molecule has 2 nitrogen and oxygen atoms in total. The number of carbonyl (C=O) groups excluding carboxylic acids is 1. The Bertz CT molecular complexity index is 832. The standard InChI is InChI=1S/C19H14O2/c20-18-8-4-3-6-15(18)11-12-19(21)17-10-9-14-5-1-2-7-16(14)13-17/h1-13,20H. The van der Waals surface area contributed by atoms with Crippen LogP contribution in [0.1, 0.15) is 15.9 Å². The average molecular weight is 274 g/mol. The fourth-order valence-corrected chi connectivity index (χ4v) is 2.23. The second-order valence-corrected chi connectivity index (χ2v) is 4.82. The summed E-state index contributed by atoms with van der Waals surface area (Å²) in [5.74, 6) is 0.0871. The highest BCUT2D eigenvalue weighted by molar-refractivity contribution is 6.08. The van der Waals surface area contributed by atoms with Crippen LogP contribution in [0.5, 0.6) is 5.75 Å². The molecule has 0 amide bonds. The molecule has 3 aromatic rings. The topological polar surface area (TPSA) is 37.3 Å². The van der Waals surface area contributed by atoms with Crippen molar-refractivity contribution in [1.82, 2.24) is 0 Å². The number of para-hydroxylation sites is 1. The summed E-state index contributed by atoms with van der Waals surface area (Å²) in [5, 5.41) is 11.8. The van der Waals surface area contributed by atoms with Gasteiger partial charge >= 0.3 is 0 Å². The number of carbonyl (C=O) groups is 1. The third-order valence-electron chi connectivity index (χ3n) is 3.39. The van der Waals surface area contributed by atoms with Crippen LogP contribution in [0.15, 0.2) is 72.8 Å². The highest BCUT2D eigenvalue weighted by Gasteiger charge is 2.03. The van der Waals surface area contributed by atoms with Gasteiger partial charge in [-0.05, 0) is 35.1 Å². The number of fused-ring (bicyclic) bond motifs is 1. The van der Waals surface area contributed by atoms with Gasteiger partial charge in [0.05, 0.1) is 0 Å². The molecule has 2 heteroatoms. The van der Waals surface area contributed by atoms with Crippen LogP contribution in [0.3, 0.4) is 0 Å². The lowest BCUT2D eigenvalue weighted by atomic mass is 10.0. The number of phenols is 1. The Labute approximate surface area is 123 Å². The van der Waals surface area contributed by atoms with Crippen molar-refractivity contribution >= 4 is 22.6 Å². The minimum absolute atomic E-state index is 0.0796. The molecule has 0 heterocycles. The van der Waals surface area contributed by atoms with Gasteiger partial charge in [-0.25, -0.2) is 0 Å². The first-order valence-corrected chi connectivity index (χ1v) is 6.73. The van der Waals surface area contributed by atoms with E-state index in [1.807, 2.05) is 48.5 Å². The monoisotopic (exact) mass is 274 g/mol. The molecule has 0 unspecified atom stereocenters. The Morgan fingerprint density at radius 3 is 2.38 bits per heavy atom. The molecule has 0 radical (unpaired) electrons. The average Bonchev–Trinajstić information content (AvgIpc) is 2.53. The van der Waals surface area contributed by atoms with Crippen LogP contribution in [0.4, 0.5) is 0 Å². The molecule has 0 spiro atoms. The summed E-state index contributed by atoms with van der Waals surface area (Å²) in [5.41, 5.74) is 1.27. The van der Waals surface area contributed by atoms with Gasteiger partial charge in [-0.15, -0.1) is 0 Å². The van der Waals surface area contributed by atoms with E-state index in [4.69, 9.17) is 0 Å². The van der Waals surface area contributed by atoms with E-state index in [0.29, 0.717) is 11.1 Å². The highest BCUT2D eigenvalue weighted by Crippen LogP contribution is 2.19. The smallest absolute Gasteiger partial charge is 0.185 e. The van der Waals surface area contributed by atoms with Crippen molar-refractivity contribution in [3.63, 3.8) is 0 Å². The third kappa shape index (κ3) is 2.84. The Morgan fingerprint density at radius 2 is 1.57 bits per heavy atom. The predicted molar refractivity (Wildman–Crippen MR) is 85.4 cm³/mol. The lowest BCUT2D eigenvalue weighted by Gasteiger charge is -2.01. The first kappa shape index (κ1) is 13.1. The first-order chi connectivity index (χ1) is 10.2. The van der Waals surface area contributed by atoms with Crippen LogP contribution in [-0.2, 0) is 0 Å². The summed E-state index contributed by atoms with van der Waals surface area (Å²) in [6.07, 6.45) is 3.12. The summed E-state index contributed by atoms with van der Waals surface area (Å²) >= 11 is 0. The molecular weight excluding hydrogens is 260 g/mol. The molecule has 0 saturated heterocycles. The van der Waals surface area contributed by atoms with Crippen LogP contribution in [0, 0.1) is 0 Å². The maximum absolute atomic E-state index is 12.2. The van der Waals surface area contributed by atoms with Gasteiger partial charge in [-0.1, -0.05) is 54.6 Å². The number of ketones is 1. The lowest BCUT2D eigenvalue weighted by Crippen LogP contribution is -1.93. The van der Waals surface area contributed by atoms with E-state index < -0.39 is 0 Å². The van der Waals surface area contributed by atoms with Crippen LogP contribution in [-0.4, -0.2) is 10.9 Å². The normalized spacial score (nSPS) is 11.0. The number of allylic oxidation sites excluding steroid dienone is 1. The minimum atomic E-state index is -0.0796. The summed E-state index contributed by atoms with van der Waals surface area (Å²) in [7, 11) is 0. The number of rotatable bonds is 3. The summed E-state index contributed by atoms with van der Waals surface area (Å²) in [4.78, 5) is 12.2. The lowest BCUT2D eigenvalue weighted by molar-refractivity contribution is 0.104. The predicted octanol–water partition coefficient (Wildman–Crippen LogP) is 4.44. The van der Waals surface area contributed by atoms with Crippen molar-refractivity contribution in [3.8, 4) is 5.75 Å². The van der Waals surface area contributed by atoms with Crippen LogP contribution in [0.25, 0.3) is 16.8 Å². The number of hydrogen-bond acceptors (Lipinski definition) is 2. The van der Waals surface area contributed by atoms with Gasteiger partial charge in [0, 0.05) is 11.1 Å². The van der Waals surface area contributed by atoms with Gasteiger partial charge in [-0.3, -0.25) is 4.79 Å². The van der Waals surface area contributed by atoms with Crippen molar-refractivity contribution < 1.29 is 9.90 Å². The summed E-state index contributed by atoms with van der Waals surface area (Å²) in [6.45, 7) is 0. The molecule has 3 aromatic carbocycles. The van der Waals surface area contributed by atoms with Crippen LogP contribution >= 0.6 is 0 Å². The van der Waals surface area contributed by atoms with Gasteiger partial charge in [0.25, 0.3) is 0 Å². The number of benzene rings is 3. The van der Waals surface area contributed by atoms with E-state index in [1.54, 1.807) is 24.3 Å². The number of aromatic hydroxyl groups is 1. The molecule has 0 aliphatic heterocycles.